The summed E-state index contributed by atoms with van der Waals surface area (Å²) in [6.45, 7) is 2.35. The third-order valence-corrected chi connectivity index (χ3v) is 6.80. The second kappa shape index (κ2) is 12.1. The lowest BCUT2D eigenvalue weighted by molar-refractivity contribution is -0.127. The van der Waals surface area contributed by atoms with Gasteiger partial charge in [0, 0.05) is 5.69 Å². The molecular formula is C27H23IN2O5S. The fourth-order valence-electron chi connectivity index (χ4n) is 3.46. The van der Waals surface area contributed by atoms with Crippen LogP contribution in [0, 0.1) is 3.57 Å². The second-order valence-electron chi connectivity index (χ2n) is 7.72. The van der Waals surface area contributed by atoms with Gasteiger partial charge in [-0.3, -0.25) is 19.3 Å². The van der Waals surface area contributed by atoms with Gasteiger partial charge in [0.25, 0.3) is 11.1 Å². The molecule has 0 spiro atoms. The highest BCUT2D eigenvalue weighted by Gasteiger charge is 2.36. The summed E-state index contributed by atoms with van der Waals surface area (Å²) in [6.07, 6.45) is 1.63. The minimum Gasteiger partial charge on any atom is -0.490 e. The summed E-state index contributed by atoms with van der Waals surface area (Å²) in [7, 11) is 0. The molecule has 0 unspecified atom stereocenters. The molecule has 1 aliphatic rings. The van der Waals surface area contributed by atoms with E-state index in [0.29, 0.717) is 36.0 Å². The van der Waals surface area contributed by atoms with E-state index in [-0.39, 0.29) is 11.4 Å². The van der Waals surface area contributed by atoms with Gasteiger partial charge < -0.3 is 14.8 Å². The number of carbonyl (C=O) groups is 3. The zero-order valence-electron chi connectivity index (χ0n) is 19.4. The molecule has 3 aromatic rings. The smallest absolute Gasteiger partial charge is 0.294 e. The number of halogens is 1. The van der Waals surface area contributed by atoms with E-state index in [0.717, 1.165) is 25.8 Å². The fraction of sp³-hybridized carbons (Fsp3) is 0.148. The summed E-state index contributed by atoms with van der Waals surface area (Å²) in [5.74, 6) is 0.209. The Bertz CT molecular complexity index is 1300. The van der Waals surface area contributed by atoms with Crippen LogP contribution in [0.4, 0.5) is 10.5 Å². The molecular weight excluding hydrogens is 591 g/mol. The van der Waals surface area contributed by atoms with E-state index in [1.807, 2.05) is 49.4 Å². The highest BCUT2D eigenvalue weighted by molar-refractivity contribution is 14.1. The van der Waals surface area contributed by atoms with Gasteiger partial charge in [0.2, 0.25) is 5.91 Å². The Hall–Kier alpha value is -3.31. The largest absolute Gasteiger partial charge is 0.490 e. The van der Waals surface area contributed by atoms with E-state index in [1.165, 1.54) is 0 Å². The molecule has 7 nitrogen and oxygen atoms in total. The van der Waals surface area contributed by atoms with Gasteiger partial charge in [0.1, 0.15) is 13.2 Å². The molecule has 36 heavy (non-hydrogen) atoms. The first-order chi connectivity index (χ1) is 17.4. The summed E-state index contributed by atoms with van der Waals surface area (Å²) in [6, 6.07) is 22.3. The van der Waals surface area contributed by atoms with Crippen molar-refractivity contribution >= 4 is 63.2 Å². The number of rotatable bonds is 9. The highest BCUT2D eigenvalue weighted by Crippen LogP contribution is 2.38. The lowest BCUT2D eigenvalue weighted by Crippen LogP contribution is -2.36. The topological polar surface area (TPSA) is 84.9 Å². The molecule has 3 amide bonds. The van der Waals surface area contributed by atoms with Crippen LogP contribution in [0.25, 0.3) is 6.08 Å². The lowest BCUT2D eigenvalue weighted by atomic mass is 10.1. The Balaban J connectivity index is 1.49. The van der Waals surface area contributed by atoms with Crippen molar-refractivity contribution in [1.29, 1.82) is 0 Å². The molecule has 0 aromatic heterocycles. The zero-order valence-corrected chi connectivity index (χ0v) is 22.4. The Morgan fingerprint density at radius 1 is 1.03 bits per heavy atom. The number of carbonyl (C=O) groups excluding carboxylic acids is 3. The SMILES string of the molecule is CCOc1cc(/C=C2\SC(=O)N(CC(=O)Nc3ccccc3)C2=O)cc(I)c1OCc1ccccc1. The molecule has 1 N–H and O–H groups in total. The molecule has 3 aromatic carbocycles. The molecule has 9 heteroatoms. The molecule has 0 saturated carbocycles. The number of benzene rings is 3. The van der Waals surface area contributed by atoms with E-state index >= 15 is 0 Å². The van der Waals surface area contributed by atoms with E-state index < -0.39 is 17.1 Å². The fourth-order valence-corrected chi connectivity index (χ4v) is 5.08. The predicted octanol–water partition coefficient (Wildman–Crippen LogP) is 5.94. The number of para-hydroxylation sites is 1. The van der Waals surface area contributed by atoms with Crippen LogP contribution < -0.4 is 14.8 Å². The maximum atomic E-state index is 12.9. The van der Waals surface area contributed by atoms with Crippen LogP contribution in [0.1, 0.15) is 18.1 Å². The first-order valence-corrected chi connectivity index (χ1v) is 13.1. The van der Waals surface area contributed by atoms with Gasteiger partial charge in [-0.15, -0.1) is 0 Å². The standard InChI is InChI=1S/C27H23IN2O5S/c1-2-34-22-14-19(13-21(28)25(22)35-17-18-9-5-3-6-10-18)15-23-26(32)30(27(33)36-23)16-24(31)29-20-11-7-4-8-12-20/h3-15H,2,16-17H2,1H3,(H,29,31)/b23-15-. The average Bonchev–Trinajstić information content (AvgIpc) is 3.12. The molecule has 0 aliphatic carbocycles. The minimum atomic E-state index is -0.509. The molecule has 184 valence electrons. The van der Waals surface area contributed by atoms with Crippen LogP contribution in [-0.2, 0) is 16.2 Å². The number of hydrogen-bond acceptors (Lipinski definition) is 6. The second-order valence-corrected chi connectivity index (χ2v) is 9.87. The van der Waals surface area contributed by atoms with E-state index in [4.69, 9.17) is 9.47 Å². The maximum Gasteiger partial charge on any atom is 0.294 e. The van der Waals surface area contributed by atoms with Gasteiger partial charge in [0.05, 0.1) is 15.1 Å². The Morgan fingerprint density at radius 3 is 2.42 bits per heavy atom. The first-order valence-electron chi connectivity index (χ1n) is 11.2. The molecule has 1 aliphatic heterocycles. The van der Waals surface area contributed by atoms with E-state index in [2.05, 4.69) is 27.9 Å². The van der Waals surface area contributed by atoms with Gasteiger partial charge in [-0.05, 0) is 82.7 Å². The van der Waals surface area contributed by atoms with Crippen molar-refractivity contribution in [3.63, 3.8) is 0 Å². The number of ether oxygens (including phenoxy) is 2. The molecule has 1 fully saturated rings. The van der Waals surface area contributed by atoms with Gasteiger partial charge in [0.15, 0.2) is 11.5 Å². The number of thioether (sulfide) groups is 1. The summed E-state index contributed by atoms with van der Waals surface area (Å²) in [4.78, 5) is 38.9. The van der Waals surface area contributed by atoms with Crippen LogP contribution in [0.5, 0.6) is 11.5 Å². The Morgan fingerprint density at radius 2 is 1.72 bits per heavy atom. The van der Waals surface area contributed by atoms with Gasteiger partial charge in [-0.2, -0.15) is 0 Å². The van der Waals surface area contributed by atoms with Crippen molar-refractivity contribution in [3.05, 3.63) is 92.4 Å². The molecule has 0 radical (unpaired) electrons. The van der Waals surface area contributed by atoms with Gasteiger partial charge in [-0.1, -0.05) is 48.5 Å². The van der Waals surface area contributed by atoms with E-state index in [9.17, 15) is 14.4 Å². The number of hydrogen-bond donors (Lipinski definition) is 1. The van der Waals surface area contributed by atoms with Crippen molar-refractivity contribution < 1.29 is 23.9 Å². The van der Waals surface area contributed by atoms with Crippen LogP contribution in [0.3, 0.4) is 0 Å². The molecule has 0 atom stereocenters. The predicted molar refractivity (Wildman–Crippen MR) is 149 cm³/mol. The quantitative estimate of drug-likeness (QED) is 0.237. The first kappa shape index (κ1) is 25.8. The maximum absolute atomic E-state index is 12.9. The Labute approximate surface area is 227 Å². The summed E-state index contributed by atoms with van der Waals surface area (Å²) >= 11 is 2.97. The number of nitrogens with one attached hydrogen (secondary N) is 1. The molecule has 1 heterocycles. The van der Waals surface area contributed by atoms with E-state index in [1.54, 1.807) is 36.4 Å². The van der Waals surface area contributed by atoms with Crippen LogP contribution >= 0.6 is 34.4 Å². The van der Waals surface area contributed by atoms with Crippen LogP contribution in [-0.4, -0.2) is 35.1 Å². The number of amides is 3. The average molecular weight is 614 g/mol. The van der Waals surface area contributed by atoms with Crippen LogP contribution in [0.15, 0.2) is 77.7 Å². The summed E-state index contributed by atoms with van der Waals surface area (Å²) in [5.41, 5.74) is 2.32. The number of imide groups is 1. The minimum absolute atomic E-state index is 0.240. The van der Waals surface area contributed by atoms with Crippen molar-refractivity contribution in [2.45, 2.75) is 13.5 Å². The number of anilines is 1. The summed E-state index contributed by atoms with van der Waals surface area (Å²) < 4.78 is 12.7. The van der Waals surface area contributed by atoms with Gasteiger partial charge in [-0.25, -0.2) is 0 Å². The van der Waals surface area contributed by atoms with Crippen LogP contribution in [0.2, 0.25) is 0 Å². The van der Waals surface area contributed by atoms with Crippen molar-refractivity contribution in [1.82, 2.24) is 4.90 Å². The molecule has 1 saturated heterocycles. The number of nitrogens with zero attached hydrogens (tertiary/aromatic N) is 1. The summed E-state index contributed by atoms with van der Waals surface area (Å²) in [5, 5.41) is 2.20. The van der Waals surface area contributed by atoms with Gasteiger partial charge >= 0.3 is 0 Å². The Kier molecular flexibility index (Phi) is 8.65. The highest BCUT2D eigenvalue weighted by atomic mass is 127. The van der Waals surface area contributed by atoms with Crippen molar-refractivity contribution in [2.75, 3.05) is 18.5 Å². The third-order valence-electron chi connectivity index (χ3n) is 5.09. The molecule has 0 bridgehead atoms. The van der Waals surface area contributed by atoms with Crippen molar-refractivity contribution in [2.24, 2.45) is 0 Å². The monoisotopic (exact) mass is 614 g/mol. The normalized spacial score (nSPS) is 14.3. The third kappa shape index (κ3) is 6.46. The molecule has 4 rings (SSSR count). The van der Waals surface area contributed by atoms with Crippen molar-refractivity contribution in [3.8, 4) is 11.5 Å². The lowest BCUT2D eigenvalue weighted by Gasteiger charge is -2.15. The zero-order chi connectivity index (χ0) is 25.5.